The third-order valence-corrected chi connectivity index (χ3v) is 6.44. The first-order valence-corrected chi connectivity index (χ1v) is 10.6. The molecule has 3 aliphatic heterocycles. The van der Waals surface area contributed by atoms with Gasteiger partial charge in [0.1, 0.15) is 0 Å². The molecule has 0 unspecified atom stereocenters. The van der Waals surface area contributed by atoms with Gasteiger partial charge in [0.2, 0.25) is 5.91 Å². The molecule has 1 N–H and O–H groups in total. The van der Waals surface area contributed by atoms with Gasteiger partial charge in [0.25, 0.3) is 0 Å². The second-order valence-corrected chi connectivity index (χ2v) is 8.38. The van der Waals surface area contributed by atoms with Gasteiger partial charge < -0.3 is 10.2 Å². The monoisotopic (exact) mass is 451 g/mol. The van der Waals surface area contributed by atoms with E-state index >= 15 is 0 Å². The number of nitrogens with one attached hydrogen (secondary N) is 1. The topological polar surface area (TPSA) is 53.4 Å². The first kappa shape index (κ1) is 23.1. The van der Waals surface area contributed by atoms with Gasteiger partial charge in [-0.1, -0.05) is 30.3 Å². The Balaban J connectivity index is 0.00000128. The number of carbonyl (C=O) groups is 1. The minimum Gasteiger partial charge on any atom is -0.337 e. The lowest BCUT2D eigenvalue weighted by atomic mass is 10.1. The predicted octanol–water partition coefficient (Wildman–Crippen LogP) is 2.64. The Morgan fingerprint density at radius 3 is 2.73 bits per heavy atom. The predicted molar refractivity (Wildman–Crippen MR) is 122 cm³/mol. The zero-order chi connectivity index (χ0) is 18.9. The van der Waals surface area contributed by atoms with Crippen LogP contribution < -0.4 is 5.32 Å². The van der Waals surface area contributed by atoms with Gasteiger partial charge in [0.15, 0.2) is 0 Å². The van der Waals surface area contributed by atoms with Crippen molar-refractivity contribution in [1.82, 2.24) is 24.9 Å². The molecule has 5 rings (SSSR count). The van der Waals surface area contributed by atoms with Crippen LogP contribution in [-0.2, 0) is 30.8 Å². The number of amides is 1. The lowest BCUT2D eigenvalue weighted by Crippen LogP contribution is -2.48. The van der Waals surface area contributed by atoms with Gasteiger partial charge in [0.05, 0.1) is 11.4 Å². The number of aryl methyl sites for hydroxylation is 2. The van der Waals surface area contributed by atoms with Gasteiger partial charge in [-0.25, -0.2) is 0 Å². The summed E-state index contributed by atoms with van der Waals surface area (Å²) in [7, 11) is 0. The third kappa shape index (κ3) is 4.83. The molecule has 4 heterocycles. The minimum atomic E-state index is 0. The van der Waals surface area contributed by atoms with Crippen molar-refractivity contribution in [2.24, 2.45) is 0 Å². The van der Waals surface area contributed by atoms with Crippen molar-refractivity contribution in [2.45, 2.75) is 57.4 Å². The van der Waals surface area contributed by atoms with Crippen molar-refractivity contribution < 1.29 is 4.79 Å². The van der Waals surface area contributed by atoms with Gasteiger partial charge in [-0.3, -0.25) is 14.4 Å². The van der Waals surface area contributed by atoms with E-state index in [1.54, 1.807) is 0 Å². The van der Waals surface area contributed by atoms with E-state index in [2.05, 4.69) is 56.2 Å². The summed E-state index contributed by atoms with van der Waals surface area (Å²) in [5, 5.41) is 8.14. The van der Waals surface area contributed by atoms with Gasteiger partial charge in [-0.15, -0.1) is 24.8 Å². The molecule has 30 heavy (non-hydrogen) atoms. The third-order valence-electron chi connectivity index (χ3n) is 6.44. The van der Waals surface area contributed by atoms with Crippen LogP contribution in [0.5, 0.6) is 0 Å². The van der Waals surface area contributed by atoms with Crippen molar-refractivity contribution in [2.75, 3.05) is 19.6 Å². The summed E-state index contributed by atoms with van der Waals surface area (Å²) >= 11 is 0. The zero-order valence-electron chi connectivity index (χ0n) is 17.2. The molecular formula is C22H31Cl2N5O. The molecule has 1 amide bonds. The van der Waals surface area contributed by atoms with Gasteiger partial charge in [-0.2, -0.15) is 5.10 Å². The lowest BCUT2D eigenvalue weighted by Gasteiger charge is -2.34. The fourth-order valence-corrected chi connectivity index (χ4v) is 4.99. The fourth-order valence-electron chi connectivity index (χ4n) is 4.99. The Morgan fingerprint density at radius 2 is 1.97 bits per heavy atom. The van der Waals surface area contributed by atoms with Crippen LogP contribution in [0.2, 0.25) is 0 Å². The number of fused-ring (bicyclic) bond motifs is 3. The van der Waals surface area contributed by atoms with Crippen molar-refractivity contribution in [3.63, 3.8) is 0 Å². The molecule has 2 fully saturated rings. The molecule has 0 radical (unpaired) electrons. The Bertz CT molecular complexity index is 820. The van der Waals surface area contributed by atoms with Crippen molar-refractivity contribution >= 4 is 30.7 Å². The number of aromatic nitrogens is 2. The highest BCUT2D eigenvalue weighted by Crippen LogP contribution is 2.32. The maximum absolute atomic E-state index is 12.8. The van der Waals surface area contributed by atoms with Crippen LogP contribution in [0, 0.1) is 0 Å². The smallest absolute Gasteiger partial charge is 0.223 e. The number of nitrogens with zero attached hydrogens (tertiary/aromatic N) is 4. The highest BCUT2D eigenvalue weighted by molar-refractivity contribution is 5.85. The molecule has 8 heteroatoms. The normalized spacial score (nSPS) is 22.7. The first-order valence-electron chi connectivity index (χ1n) is 10.6. The Hall–Kier alpha value is -1.60. The molecule has 2 atom stereocenters. The maximum Gasteiger partial charge on any atom is 0.223 e. The quantitative estimate of drug-likeness (QED) is 0.758. The number of carbonyl (C=O) groups excluding carboxylic acids is 1. The SMILES string of the molecule is Cl.Cl.O=C(CCc1cc2n(n1)CCCNC2)N1C[C@@H]2C[C@H]1CN2Cc1ccccc1. The molecule has 3 aliphatic rings. The summed E-state index contributed by atoms with van der Waals surface area (Å²) in [6.07, 6.45) is 3.57. The first-order chi connectivity index (χ1) is 13.8. The molecule has 2 saturated heterocycles. The molecule has 0 aliphatic carbocycles. The Kier molecular flexibility index (Phi) is 7.80. The van der Waals surface area contributed by atoms with Crippen molar-refractivity contribution in [3.8, 4) is 0 Å². The number of piperazine rings is 1. The summed E-state index contributed by atoms with van der Waals surface area (Å²) in [4.78, 5) is 17.5. The zero-order valence-corrected chi connectivity index (χ0v) is 18.8. The summed E-state index contributed by atoms with van der Waals surface area (Å²) in [5.41, 5.74) is 3.67. The van der Waals surface area contributed by atoms with E-state index < -0.39 is 0 Å². The van der Waals surface area contributed by atoms with E-state index in [4.69, 9.17) is 5.10 Å². The Morgan fingerprint density at radius 1 is 1.13 bits per heavy atom. The van der Waals surface area contributed by atoms with E-state index in [-0.39, 0.29) is 24.8 Å². The maximum atomic E-state index is 12.8. The van der Waals surface area contributed by atoms with Crippen LogP contribution in [0.15, 0.2) is 36.4 Å². The number of halogens is 2. The fraction of sp³-hybridized carbons (Fsp3) is 0.545. The lowest BCUT2D eigenvalue weighted by molar-refractivity contribution is -0.133. The summed E-state index contributed by atoms with van der Waals surface area (Å²) in [5.74, 6) is 0.299. The molecular weight excluding hydrogens is 421 g/mol. The van der Waals surface area contributed by atoms with Crippen LogP contribution in [0.1, 0.15) is 36.2 Å². The number of hydrogen-bond acceptors (Lipinski definition) is 4. The van der Waals surface area contributed by atoms with Crippen molar-refractivity contribution in [1.29, 1.82) is 0 Å². The van der Waals surface area contributed by atoms with Gasteiger partial charge >= 0.3 is 0 Å². The molecule has 1 aromatic heterocycles. The van der Waals surface area contributed by atoms with Crippen molar-refractivity contribution in [3.05, 3.63) is 53.3 Å². The second kappa shape index (κ2) is 10.1. The molecule has 1 aromatic carbocycles. The molecule has 6 nitrogen and oxygen atoms in total. The van der Waals surface area contributed by atoms with Gasteiger partial charge in [-0.05, 0) is 31.0 Å². The molecule has 0 spiro atoms. The van der Waals surface area contributed by atoms with E-state index in [0.717, 1.165) is 64.2 Å². The molecule has 2 aromatic rings. The number of hydrogen-bond donors (Lipinski definition) is 1. The number of likely N-dealkylation sites (tertiary alicyclic amines) is 2. The minimum absolute atomic E-state index is 0. The highest BCUT2D eigenvalue weighted by Gasteiger charge is 2.44. The van der Waals surface area contributed by atoms with Crippen LogP contribution in [0.25, 0.3) is 0 Å². The molecule has 164 valence electrons. The second-order valence-electron chi connectivity index (χ2n) is 8.38. The van der Waals surface area contributed by atoms with E-state index in [9.17, 15) is 4.79 Å². The van der Waals surface area contributed by atoms with Gasteiger partial charge in [0, 0.05) is 57.6 Å². The molecule has 0 saturated carbocycles. The van der Waals surface area contributed by atoms with E-state index in [1.165, 1.54) is 11.3 Å². The Labute approximate surface area is 190 Å². The van der Waals surface area contributed by atoms with E-state index in [1.807, 2.05) is 0 Å². The molecule has 2 bridgehead atoms. The van der Waals surface area contributed by atoms with Crippen LogP contribution >= 0.6 is 24.8 Å². The average Bonchev–Trinajstić information content (AvgIpc) is 3.37. The summed E-state index contributed by atoms with van der Waals surface area (Å²) in [6, 6.07) is 13.7. The highest BCUT2D eigenvalue weighted by atomic mass is 35.5. The average molecular weight is 452 g/mol. The standard InChI is InChI=1S/C22H29N5O.2ClH/c28-22(8-7-18-11-19-13-23-9-4-10-27(19)24-18)26-16-20-12-21(26)15-25(20)14-17-5-2-1-3-6-17;;/h1-3,5-6,11,20-21,23H,4,7-10,12-16H2;2*1H/t20-,21-;;/m0../s1. The number of rotatable bonds is 5. The van der Waals surface area contributed by atoms with Crippen LogP contribution in [0.3, 0.4) is 0 Å². The van der Waals surface area contributed by atoms with Crippen LogP contribution in [-0.4, -0.2) is 57.2 Å². The summed E-state index contributed by atoms with van der Waals surface area (Å²) < 4.78 is 2.11. The number of benzene rings is 1. The van der Waals surface area contributed by atoms with E-state index in [0.29, 0.717) is 24.4 Å². The largest absolute Gasteiger partial charge is 0.337 e. The summed E-state index contributed by atoms with van der Waals surface area (Å²) in [6.45, 7) is 5.81. The van der Waals surface area contributed by atoms with Crippen LogP contribution in [0.4, 0.5) is 0 Å².